The van der Waals surface area contributed by atoms with E-state index < -0.39 is 0 Å². The number of carbonyl (C=O) groups is 1. The fourth-order valence-electron chi connectivity index (χ4n) is 2.52. The predicted octanol–water partition coefficient (Wildman–Crippen LogP) is 3.98. The first-order valence-corrected chi connectivity index (χ1v) is 6.96. The van der Waals surface area contributed by atoms with E-state index in [4.69, 9.17) is 4.42 Å². The second-order valence-corrected chi connectivity index (χ2v) is 4.93. The van der Waals surface area contributed by atoms with Crippen molar-refractivity contribution in [2.45, 2.75) is 0 Å². The predicted molar refractivity (Wildman–Crippen MR) is 83.6 cm³/mol. The topological polar surface area (TPSA) is 48.0 Å². The smallest absolute Gasteiger partial charge is 0.278 e. The SMILES string of the molecule is O=C(c1ccccc1)n1nc(-c2ccco2)c2ccccc21. The van der Waals surface area contributed by atoms with E-state index in [1.54, 1.807) is 18.4 Å². The van der Waals surface area contributed by atoms with Crippen LogP contribution in [0, 0.1) is 0 Å². The molecular formula is C18H12N2O2. The minimum atomic E-state index is -0.158. The van der Waals surface area contributed by atoms with E-state index in [-0.39, 0.29) is 5.91 Å². The maximum Gasteiger partial charge on any atom is 0.278 e. The van der Waals surface area contributed by atoms with Gasteiger partial charge in [0.1, 0.15) is 5.69 Å². The molecule has 0 aliphatic carbocycles. The minimum absolute atomic E-state index is 0.158. The zero-order valence-corrected chi connectivity index (χ0v) is 11.6. The summed E-state index contributed by atoms with van der Waals surface area (Å²) in [7, 11) is 0. The van der Waals surface area contributed by atoms with Crippen molar-refractivity contribution < 1.29 is 9.21 Å². The first-order valence-electron chi connectivity index (χ1n) is 6.96. The molecule has 0 saturated carbocycles. The first-order chi connectivity index (χ1) is 10.8. The van der Waals surface area contributed by atoms with Crippen LogP contribution in [0.15, 0.2) is 77.4 Å². The zero-order valence-electron chi connectivity index (χ0n) is 11.6. The standard InChI is InChI=1S/C18H12N2O2/c21-18(13-7-2-1-3-8-13)20-15-10-5-4-9-14(15)17(19-20)16-11-6-12-22-16/h1-12H. The van der Waals surface area contributed by atoms with Crippen molar-refractivity contribution in [2.24, 2.45) is 0 Å². The van der Waals surface area contributed by atoms with Crippen molar-refractivity contribution in [2.75, 3.05) is 0 Å². The van der Waals surface area contributed by atoms with Crippen molar-refractivity contribution in [1.82, 2.24) is 9.78 Å². The van der Waals surface area contributed by atoms with Crippen molar-refractivity contribution in [3.8, 4) is 11.5 Å². The highest BCUT2D eigenvalue weighted by atomic mass is 16.3. The number of hydrogen-bond donors (Lipinski definition) is 0. The molecule has 0 spiro atoms. The average molecular weight is 288 g/mol. The van der Waals surface area contributed by atoms with Gasteiger partial charge in [-0.05, 0) is 30.3 Å². The van der Waals surface area contributed by atoms with Gasteiger partial charge in [0.2, 0.25) is 0 Å². The summed E-state index contributed by atoms with van der Waals surface area (Å²) in [6, 6.07) is 20.4. The Bertz CT molecular complexity index is 938. The molecule has 0 bridgehead atoms. The Morgan fingerprint density at radius 2 is 1.68 bits per heavy atom. The number of para-hydroxylation sites is 1. The van der Waals surface area contributed by atoms with Crippen LogP contribution in [0.25, 0.3) is 22.4 Å². The lowest BCUT2D eigenvalue weighted by Crippen LogP contribution is -2.13. The van der Waals surface area contributed by atoms with Gasteiger partial charge in [0.25, 0.3) is 5.91 Å². The molecule has 0 fully saturated rings. The third-order valence-electron chi connectivity index (χ3n) is 3.56. The van der Waals surface area contributed by atoms with Gasteiger partial charge in [-0.1, -0.05) is 36.4 Å². The molecule has 0 aliphatic heterocycles. The van der Waals surface area contributed by atoms with Crippen LogP contribution in [0.5, 0.6) is 0 Å². The van der Waals surface area contributed by atoms with Gasteiger partial charge >= 0.3 is 0 Å². The van der Waals surface area contributed by atoms with E-state index in [0.717, 1.165) is 10.9 Å². The molecule has 0 aliphatic rings. The third kappa shape index (κ3) is 1.93. The van der Waals surface area contributed by atoms with Crippen LogP contribution in [0.2, 0.25) is 0 Å². The van der Waals surface area contributed by atoms with E-state index >= 15 is 0 Å². The third-order valence-corrected chi connectivity index (χ3v) is 3.56. The van der Waals surface area contributed by atoms with E-state index in [1.165, 1.54) is 4.68 Å². The Labute approximate surface area is 126 Å². The van der Waals surface area contributed by atoms with Gasteiger partial charge in [-0.2, -0.15) is 9.78 Å². The van der Waals surface area contributed by atoms with Crippen LogP contribution in [0.1, 0.15) is 10.4 Å². The second-order valence-electron chi connectivity index (χ2n) is 4.93. The maximum absolute atomic E-state index is 12.7. The molecule has 106 valence electrons. The summed E-state index contributed by atoms with van der Waals surface area (Å²) in [5.41, 5.74) is 2.04. The Morgan fingerprint density at radius 1 is 0.909 bits per heavy atom. The fourth-order valence-corrected chi connectivity index (χ4v) is 2.52. The molecule has 0 saturated heterocycles. The first kappa shape index (κ1) is 12.6. The number of fused-ring (bicyclic) bond motifs is 1. The lowest BCUT2D eigenvalue weighted by molar-refractivity contribution is 0.0950. The van der Waals surface area contributed by atoms with Gasteiger partial charge in [-0.25, -0.2) is 0 Å². The van der Waals surface area contributed by atoms with Crippen LogP contribution < -0.4 is 0 Å². The van der Waals surface area contributed by atoms with Crippen molar-refractivity contribution in [1.29, 1.82) is 0 Å². The summed E-state index contributed by atoms with van der Waals surface area (Å²) in [5.74, 6) is 0.491. The highest BCUT2D eigenvalue weighted by Gasteiger charge is 2.18. The monoisotopic (exact) mass is 288 g/mol. The van der Waals surface area contributed by atoms with Gasteiger partial charge < -0.3 is 4.42 Å². The Hall–Kier alpha value is -3.14. The van der Waals surface area contributed by atoms with Crippen LogP contribution in [-0.2, 0) is 0 Å². The molecule has 2 aromatic heterocycles. The molecule has 0 radical (unpaired) electrons. The quantitative estimate of drug-likeness (QED) is 0.560. The summed E-state index contributed by atoms with van der Waals surface area (Å²) >= 11 is 0. The molecule has 22 heavy (non-hydrogen) atoms. The summed E-state index contributed by atoms with van der Waals surface area (Å²) < 4.78 is 6.87. The second kappa shape index (κ2) is 5.00. The number of nitrogens with zero attached hydrogens (tertiary/aromatic N) is 2. The van der Waals surface area contributed by atoms with E-state index in [1.807, 2.05) is 54.6 Å². The molecule has 4 aromatic rings. The Kier molecular flexibility index (Phi) is 2.86. The molecule has 0 unspecified atom stereocenters. The number of rotatable bonds is 2. The lowest BCUT2D eigenvalue weighted by Gasteiger charge is -2.01. The summed E-state index contributed by atoms with van der Waals surface area (Å²) in [6.45, 7) is 0. The molecule has 2 aromatic carbocycles. The van der Waals surface area contributed by atoms with Crippen LogP contribution in [0.3, 0.4) is 0 Å². The number of furan rings is 1. The van der Waals surface area contributed by atoms with Crippen LogP contribution >= 0.6 is 0 Å². The van der Waals surface area contributed by atoms with E-state index in [2.05, 4.69) is 5.10 Å². The molecule has 0 amide bonds. The van der Waals surface area contributed by atoms with Gasteiger partial charge in [0.05, 0.1) is 11.8 Å². The Balaban J connectivity index is 1.94. The molecule has 0 atom stereocenters. The summed E-state index contributed by atoms with van der Waals surface area (Å²) in [4.78, 5) is 12.7. The molecule has 0 N–H and O–H groups in total. The molecule has 4 rings (SSSR count). The molecular weight excluding hydrogens is 276 g/mol. The van der Waals surface area contributed by atoms with Crippen molar-refractivity contribution in [3.63, 3.8) is 0 Å². The van der Waals surface area contributed by atoms with Gasteiger partial charge in [-0.3, -0.25) is 4.79 Å². The van der Waals surface area contributed by atoms with Crippen molar-refractivity contribution >= 4 is 16.8 Å². The number of hydrogen-bond acceptors (Lipinski definition) is 3. The van der Waals surface area contributed by atoms with Gasteiger partial charge in [0, 0.05) is 10.9 Å². The zero-order chi connectivity index (χ0) is 14.9. The molecule has 4 heteroatoms. The van der Waals surface area contributed by atoms with E-state index in [0.29, 0.717) is 17.0 Å². The van der Waals surface area contributed by atoms with Crippen LogP contribution in [-0.4, -0.2) is 15.7 Å². The minimum Gasteiger partial charge on any atom is -0.463 e. The fraction of sp³-hybridized carbons (Fsp3) is 0. The highest BCUT2D eigenvalue weighted by molar-refractivity contribution is 6.04. The van der Waals surface area contributed by atoms with Crippen molar-refractivity contribution in [3.05, 3.63) is 78.6 Å². The molecule has 4 nitrogen and oxygen atoms in total. The lowest BCUT2D eigenvalue weighted by atomic mass is 10.1. The summed E-state index contributed by atoms with van der Waals surface area (Å²) in [6.07, 6.45) is 1.60. The number of carbonyl (C=O) groups excluding carboxylic acids is 1. The summed E-state index contributed by atoms with van der Waals surface area (Å²) in [5, 5.41) is 5.37. The normalized spacial score (nSPS) is 10.9. The number of benzene rings is 2. The Morgan fingerprint density at radius 3 is 2.45 bits per heavy atom. The number of aromatic nitrogens is 2. The van der Waals surface area contributed by atoms with Gasteiger partial charge in [-0.15, -0.1) is 0 Å². The maximum atomic E-state index is 12.7. The van der Waals surface area contributed by atoms with Gasteiger partial charge in [0.15, 0.2) is 5.76 Å². The molecule has 2 heterocycles. The average Bonchev–Trinajstić information content (AvgIpc) is 3.22. The largest absolute Gasteiger partial charge is 0.463 e. The highest BCUT2D eigenvalue weighted by Crippen LogP contribution is 2.28. The van der Waals surface area contributed by atoms with E-state index in [9.17, 15) is 4.79 Å². The van der Waals surface area contributed by atoms with Crippen LogP contribution in [0.4, 0.5) is 0 Å².